The lowest BCUT2D eigenvalue weighted by atomic mass is 10.2. The smallest absolute Gasteiger partial charge is 0.286 e. The van der Waals surface area contributed by atoms with Crippen molar-refractivity contribution < 1.29 is 9.59 Å². The van der Waals surface area contributed by atoms with Gasteiger partial charge in [0.25, 0.3) is 11.8 Å². The predicted molar refractivity (Wildman–Crippen MR) is 87.4 cm³/mol. The van der Waals surface area contributed by atoms with E-state index in [1.165, 1.54) is 0 Å². The molecule has 0 fully saturated rings. The van der Waals surface area contributed by atoms with Gasteiger partial charge in [0.2, 0.25) is 0 Å². The van der Waals surface area contributed by atoms with E-state index in [0.29, 0.717) is 15.7 Å². The van der Waals surface area contributed by atoms with Crippen LogP contribution in [-0.2, 0) is 0 Å². The minimum absolute atomic E-state index is 0.383. The summed E-state index contributed by atoms with van der Waals surface area (Å²) in [5, 5.41) is 0.935. The van der Waals surface area contributed by atoms with Crippen LogP contribution in [-0.4, -0.2) is 16.8 Å². The van der Waals surface area contributed by atoms with Crippen LogP contribution in [0.25, 0.3) is 10.9 Å². The van der Waals surface area contributed by atoms with Crippen molar-refractivity contribution in [1.82, 2.24) is 15.8 Å². The van der Waals surface area contributed by atoms with Gasteiger partial charge in [-0.2, -0.15) is 0 Å². The Kier molecular flexibility index (Phi) is 3.93. The quantitative estimate of drug-likeness (QED) is 0.616. The highest BCUT2D eigenvalue weighted by Gasteiger charge is 2.12. The highest BCUT2D eigenvalue weighted by molar-refractivity contribution is 9.10. The molecule has 0 saturated heterocycles. The normalized spacial score (nSPS) is 10.4. The molecule has 0 atom stereocenters. The Balaban J connectivity index is 1.69. The van der Waals surface area contributed by atoms with Crippen molar-refractivity contribution in [3.8, 4) is 0 Å². The highest BCUT2D eigenvalue weighted by Crippen LogP contribution is 2.16. The van der Waals surface area contributed by atoms with E-state index in [-0.39, 0.29) is 0 Å². The Hall–Kier alpha value is -2.60. The molecule has 3 rings (SSSR count). The van der Waals surface area contributed by atoms with Gasteiger partial charge in [-0.05, 0) is 40.2 Å². The summed E-state index contributed by atoms with van der Waals surface area (Å²) in [6, 6.07) is 16.3. The monoisotopic (exact) mass is 357 g/mol. The van der Waals surface area contributed by atoms with Crippen LogP contribution >= 0.6 is 15.9 Å². The molecule has 0 radical (unpaired) electrons. The lowest BCUT2D eigenvalue weighted by Crippen LogP contribution is -2.41. The number of H-pyrrole nitrogens is 1. The predicted octanol–water partition coefficient (Wildman–Crippen LogP) is 3.01. The van der Waals surface area contributed by atoms with Crippen molar-refractivity contribution in [3.63, 3.8) is 0 Å². The van der Waals surface area contributed by atoms with Crippen molar-refractivity contribution >= 4 is 38.6 Å². The van der Waals surface area contributed by atoms with Crippen LogP contribution in [0.5, 0.6) is 0 Å². The number of para-hydroxylation sites is 1. The van der Waals surface area contributed by atoms with E-state index in [4.69, 9.17) is 0 Å². The molecule has 0 aliphatic carbocycles. The van der Waals surface area contributed by atoms with Gasteiger partial charge in [-0.3, -0.25) is 20.4 Å². The Morgan fingerprint density at radius 1 is 0.909 bits per heavy atom. The zero-order valence-corrected chi connectivity index (χ0v) is 13.0. The van der Waals surface area contributed by atoms with Crippen molar-refractivity contribution in [2.75, 3.05) is 0 Å². The maximum Gasteiger partial charge on any atom is 0.286 e. The van der Waals surface area contributed by atoms with Gasteiger partial charge in [0.1, 0.15) is 5.69 Å². The summed E-state index contributed by atoms with van der Waals surface area (Å²) < 4.78 is 0.660. The van der Waals surface area contributed by atoms with Crippen LogP contribution in [0.3, 0.4) is 0 Å². The molecule has 2 aromatic carbocycles. The standard InChI is InChI=1S/C16H12BrN3O2/c17-12-7-3-2-6-11(12)15(21)19-20-16(22)14-9-10-5-1-4-8-13(10)18-14/h1-9,18H,(H,19,21)(H,20,22). The van der Waals surface area contributed by atoms with Gasteiger partial charge >= 0.3 is 0 Å². The van der Waals surface area contributed by atoms with E-state index in [0.717, 1.165) is 10.9 Å². The molecule has 0 saturated carbocycles. The van der Waals surface area contributed by atoms with E-state index in [1.54, 1.807) is 24.3 Å². The van der Waals surface area contributed by atoms with Gasteiger partial charge < -0.3 is 4.98 Å². The van der Waals surface area contributed by atoms with Crippen LogP contribution < -0.4 is 10.9 Å². The fraction of sp³-hybridized carbons (Fsp3) is 0. The summed E-state index contributed by atoms with van der Waals surface area (Å²) in [5.74, 6) is -0.798. The molecule has 0 unspecified atom stereocenters. The van der Waals surface area contributed by atoms with Gasteiger partial charge in [0, 0.05) is 15.4 Å². The summed E-state index contributed by atoms with van der Waals surface area (Å²) in [4.78, 5) is 27.1. The molecule has 0 spiro atoms. The molecule has 110 valence electrons. The third-order valence-corrected chi connectivity index (χ3v) is 3.87. The van der Waals surface area contributed by atoms with Crippen LogP contribution in [0, 0.1) is 0 Å². The van der Waals surface area contributed by atoms with Crippen LogP contribution in [0.15, 0.2) is 59.1 Å². The van der Waals surface area contributed by atoms with Crippen LogP contribution in [0.1, 0.15) is 20.8 Å². The first kappa shape index (κ1) is 14.3. The lowest BCUT2D eigenvalue weighted by Gasteiger charge is -2.07. The summed E-state index contributed by atoms with van der Waals surface area (Å²) >= 11 is 3.29. The van der Waals surface area contributed by atoms with Gasteiger partial charge in [0.05, 0.1) is 5.56 Å². The molecule has 22 heavy (non-hydrogen) atoms. The second kappa shape index (κ2) is 6.03. The molecule has 0 bridgehead atoms. The molecule has 0 aliphatic rings. The van der Waals surface area contributed by atoms with Crippen molar-refractivity contribution in [1.29, 1.82) is 0 Å². The number of benzene rings is 2. The molecule has 2 amide bonds. The molecule has 5 nitrogen and oxygen atoms in total. The largest absolute Gasteiger partial charge is 0.350 e. The van der Waals surface area contributed by atoms with Crippen molar-refractivity contribution in [2.45, 2.75) is 0 Å². The number of rotatable bonds is 2. The second-order valence-corrected chi connectivity index (χ2v) is 5.51. The Bertz CT molecular complexity index is 824. The minimum atomic E-state index is -0.406. The third kappa shape index (κ3) is 2.87. The third-order valence-electron chi connectivity index (χ3n) is 3.18. The molecular weight excluding hydrogens is 346 g/mol. The fourth-order valence-electron chi connectivity index (χ4n) is 2.09. The number of nitrogens with one attached hydrogen (secondary N) is 3. The lowest BCUT2D eigenvalue weighted by molar-refractivity contribution is 0.0844. The van der Waals surface area contributed by atoms with Gasteiger partial charge in [-0.15, -0.1) is 0 Å². The van der Waals surface area contributed by atoms with Gasteiger partial charge in [-0.1, -0.05) is 30.3 Å². The molecule has 3 aromatic rings. The Morgan fingerprint density at radius 3 is 2.36 bits per heavy atom. The van der Waals surface area contributed by atoms with Crippen molar-refractivity contribution in [3.05, 3.63) is 70.3 Å². The highest BCUT2D eigenvalue weighted by atomic mass is 79.9. The number of aromatic amines is 1. The molecule has 1 aromatic heterocycles. The van der Waals surface area contributed by atoms with E-state index in [9.17, 15) is 9.59 Å². The second-order valence-electron chi connectivity index (χ2n) is 4.66. The zero-order valence-electron chi connectivity index (χ0n) is 11.4. The maximum absolute atomic E-state index is 12.1. The van der Waals surface area contributed by atoms with E-state index in [1.807, 2.05) is 30.3 Å². The molecule has 0 aliphatic heterocycles. The molecule has 3 N–H and O–H groups in total. The number of carbonyl (C=O) groups is 2. The van der Waals surface area contributed by atoms with E-state index >= 15 is 0 Å². The minimum Gasteiger partial charge on any atom is -0.350 e. The SMILES string of the molecule is O=C(NNC(=O)c1ccccc1Br)c1cc2ccccc2[nH]1. The zero-order chi connectivity index (χ0) is 15.5. The number of carbonyl (C=O) groups excluding carboxylic acids is 2. The first-order valence-electron chi connectivity index (χ1n) is 6.58. The molecule has 1 heterocycles. The van der Waals surface area contributed by atoms with Crippen LogP contribution in [0.4, 0.5) is 0 Å². The van der Waals surface area contributed by atoms with Crippen LogP contribution in [0.2, 0.25) is 0 Å². The molecular formula is C16H12BrN3O2. The Morgan fingerprint density at radius 2 is 1.59 bits per heavy atom. The first-order chi connectivity index (χ1) is 10.6. The number of halogens is 1. The average molecular weight is 358 g/mol. The number of amides is 2. The van der Waals surface area contributed by atoms with Gasteiger partial charge in [0.15, 0.2) is 0 Å². The van der Waals surface area contributed by atoms with E-state index < -0.39 is 11.8 Å². The van der Waals surface area contributed by atoms with E-state index in [2.05, 4.69) is 31.8 Å². The number of hydrogen-bond donors (Lipinski definition) is 3. The summed E-state index contributed by atoms with van der Waals surface area (Å²) in [6.45, 7) is 0. The first-order valence-corrected chi connectivity index (χ1v) is 7.37. The fourth-order valence-corrected chi connectivity index (χ4v) is 2.55. The molecule has 6 heteroatoms. The number of fused-ring (bicyclic) bond motifs is 1. The average Bonchev–Trinajstić information content (AvgIpc) is 2.97. The number of hydrogen-bond acceptors (Lipinski definition) is 2. The summed E-state index contributed by atoms with van der Waals surface area (Å²) in [7, 11) is 0. The maximum atomic E-state index is 12.1. The summed E-state index contributed by atoms with van der Waals surface area (Å²) in [6.07, 6.45) is 0. The number of hydrazine groups is 1. The summed E-state index contributed by atoms with van der Waals surface area (Å²) in [5.41, 5.74) is 6.48. The van der Waals surface area contributed by atoms with Gasteiger partial charge in [-0.25, -0.2) is 0 Å². The van der Waals surface area contributed by atoms with Crippen molar-refractivity contribution in [2.24, 2.45) is 0 Å². The topological polar surface area (TPSA) is 74.0 Å². The number of aromatic nitrogens is 1. The Labute approximate surface area is 134 Å².